The molecule has 6 heteroatoms. The van der Waals surface area contributed by atoms with Crippen molar-refractivity contribution < 1.29 is 4.79 Å². The Balaban J connectivity index is 2.78. The minimum absolute atomic E-state index is 0.00888. The van der Waals surface area contributed by atoms with Crippen molar-refractivity contribution in [3.05, 3.63) is 11.1 Å². The van der Waals surface area contributed by atoms with Crippen LogP contribution in [0.25, 0.3) is 0 Å². The molecule has 0 N–H and O–H groups in total. The van der Waals surface area contributed by atoms with Crippen molar-refractivity contribution in [1.29, 1.82) is 0 Å². The molecule has 4 nitrogen and oxygen atoms in total. The molecule has 1 aromatic rings. The van der Waals surface area contributed by atoms with Gasteiger partial charge in [0.1, 0.15) is 5.69 Å². The van der Waals surface area contributed by atoms with Crippen LogP contribution in [-0.4, -0.2) is 55.3 Å². The summed E-state index contributed by atoms with van der Waals surface area (Å²) in [6, 6.07) is 0. The van der Waals surface area contributed by atoms with Crippen LogP contribution in [0, 0.1) is 5.92 Å². The van der Waals surface area contributed by atoms with Crippen molar-refractivity contribution in [2.75, 3.05) is 44.5 Å². The molecule has 0 aliphatic heterocycles. The van der Waals surface area contributed by atoms with Crippen LogP contribution in [0.15, 0.2) is 5.38 Å². The number of nitrogens with zero attached hydrogens (tertiary/aromatic N) is 3. The molecule has 0 unspecified atom stereocenters. The van der Waals surface area contributed by atoms with Crippen LogP contribution in [-0.2, 0) is 0 Å². The lowest BCUT2D eigenvalue weighted by Crippen LogP contribution is -2.34. The highest BCUT2D eigenvalue weighted by atomic mass is 35.5. The Kier molecular flexibility index (Phi) is 6.75. The normalized spacial score (nSPS) is 11.3. The van der Waals surface area contributed by atoms with E-state index >= 15 is 0 Å². The standard InChI is InChI=1S/C13H22ClN3OS/c1-10(2)8-17(6-5-16(3)4)13-15-11(9-19-13)12(18)7-14/h9-10H,5-8H2,1-4H3. The van der Waals surface area contributed by atoms with Crippen LogP contribution in [0.3, 0.4) is 0 Å². The molecule has 0 saturated carbocycles. The first kappa shape index (κ1) is 16.4. The van der Waals surface area contributed by atoms with Crippen LogP contribution in [0.4, 0.5) is 5.13 Å². The topological polar surface area (TPSA) is 36.4 Å². The lowest BCUT2D eigenvalue weighted by atomic mass is 10.2. The number of thiazole rings is 1. The molecular formula is C13H22ClN3OS. The van der Waals surface area contributed by atoms with Gasteiger partial charge in [0, 0.05) is 25.0 Å². The molecule has 0 radical (unpaired) electrons. The predicted octanol–water partition coefficient (Wildman–Crippen LogP) is 2.59. The highest BCUT2D eigenvalue weighted by Crippen LogP contribution is 2.22. The fourth-order valence-corrected chi connectivity index (χ4v) is 2.64. The van der Waals surface area contributed by atoms with Crippen LogP contribution in [0.5, 0.6) is 0 Å². The van der Waals surface area contributed by atoms with Gasteiger partial charge in [0.15, 0.2) is 10.9 Å². The molecule has 0 saturated heterocycles. The van der Waals surface area contributed by atoms with E-state index < -0.39 is 0 Å². The van der Waals surface area contributed by atoms with Gasteiger partial charge in [-0.1, -0.05) is 13.8 Å². The van der Waals surface area contributed by atoms with E-state index in [4.69, 9.17) is 11.6 Å². The molecule has 0 aliphatic carbocycles. The maximum Gasteiger partial charge on any atom is 0.196 e. The van der Waals surface area contributed by atoms with Gasteiger partial charge in [-0.2, -0.15) is 0 Å². The van der Waals surface area contributed by atoms with E-state index in [1.165, 1.54) is 11.3 Å². The summed E-state index contributed by atoms with van der Waals surface area (Å²) in [6.07, 6.45) is 0. The van der Waals surface area contributed by atoms with Crippen molar-refractivity contribution >= 4 is 33.9 Å². The lowest BCUT2D eigenvalue weighted by Gasteiger charge is -2.25. The van der Waals surface area contributed by atoms with Crippen LogP contribution in [0.2, 0.25) is 0 Å². The van der Waals surface area contributed by atoms with E-state index in [0.29, 0.717) is 11.6 Å². The number of ketones is 1. The summed E-state index contributed by atoms with van der Waals surface area (Å²) in [5, 5.41) is 2.70. The molecule has 108 valence electrons. The summed E-state index contributed by atoms with van der Waals surface area (Å²) >= 11 is 7.07. The smallest absolute Gasteiger partial charge is 0.196 e. The number of aromatic nitrogens is 1. The molecule has 0 fully saturated rings. The summed E-state index contributed by atoms with van der Waals surface area (Å²) in [5.41, 5.74) is 0.480. The van der Waals surface area contributed by atoms with Crippen molar-refractivity contribution in [2.45, 2.75) is 13.8 Å². The van der Waals surface area contributed by atoms with E-state index in [-0.39, 0.29) is 11.7 Å². The Bertz CT molecular complexity index is 406. The lowest BCUT2D eigenvalue weighted by molar-refractivity contribution is 0.101. The summed E-state index contributed by atoms with van der Waals surface area (Å²) in [6.45, 7) is 7.18. The average Bonchev–Trinajstić information content (AvgIpc) is 2.82. The number of carbonyl (C=O) groups excluding carboxylic acids is 1. The van der Waals surface area contributed by atoms with Gasteiger partial charge in [0.2, 0.25) is 0 Å². The Morgan fingerprint density at radius 1 is 1.42 bits per heavy atom. The third kappa shape index (κ3) is 5.47. The molecule has 1 rings (SSSR count). The molecule has 0 spiro atoms. The SMILES string of the molecule is CC(C)CN(CCN(C)C)c1nc(C(=O)CCl)cs1. The largest absolute Gasteiger partial charge is 0.347 e. The number of carbonyl (C=O) groups is 1. The molecule has 0 aliphatic rings. The van der Waals surface area contributed by atoms with Crippen LogP contribution < -0.4 is 4.90 Å². The monoisotopic (exact) mass is 303 g/mol. The van der Waals surface area contributed by atoms with Gasteiger partial charge < -0.3 is 9.80 Å². The Morgan fingerprint density at radius 3 is 2.63 bits per heavy atom. The Morgan fingerprint density at radius 2 is 2.11 bits per heavy atom. The molecule has 19 heavy (non-hydrogen) atoms. The van der Waals surface area contributed by atoms with Gasteiger partial charge in [-0.25, -0.2) is 4.98 Å². The zero-order valence-electron chi connectivity index (χ0n) is 12.0. The van der Waals surface area contributed by atoms with Gasteiger partial charge >= 0.3 is 0 Å². The zero-order chi connectivity index (χ0) is 14.4. The first-order valence-electron chi connectivity index (χ1n) is 6.38. The molecule has 1 heterocycles. The van der Waals surface area contributed by atoms with Crippen molar-refractivity contribution in [1.82, 2.24) is 9.88 Å². The maximum absolute atomic E-state index is 11.5. The summed E-state index contributed by atoms with van der Waals surface area (Å²) in [4.78, 5) is 20.3. The van der Waals surface area contributed by atoms with Crippen LogP contribution >= 0.6 is 22.9 Å². The second-order valence-electron chi connectivity index (χ2n) is 5.22. The fourth-order valence-electron chi connectivity index (χ4n) is 1.63. The molecule has 0 aromatic carbocycles. The van der Waals surface area contributed by atoms with Gasteiger partial charge in [-0.3, -0.25) is 4.79 Å². The summed E-state index contributed by atoms with van der Waals surface area (Å²) in [5.74, 6) is 0.435. The second-order valence-corrected chi connectivity index (χ2v) is 6.32. The number of hydrogen-bond acceptors (Lipinski definition) is 5. The van der Waals surface area contributed by atoms with Crippen molar-refractivity contribution in [3.8, 4) is 0 Å². The number of likely N-dealkylation sites (N-methyl/N-ethyl adjacent to an activating group) is 1. The third-order valence-corrected chi connectivity index (χ3v) is 3.72. The highest BCUT2D eigenvalue weighted by Gasteiger charge is 2.15. The predicted molar refractivity (Wildman–Crippen MR) is 82.8 cm³/mol. The van der Waals surface area contributed by atoms with E-state index in [1.807, 2.05) is 0 Å². The zero-order valence-corrected chi connectivity index (χ0v) is 13.6. The quantitative estimate of drug-likeness (QED) is 0.546. The minimum Gasteiger partial charge on any atom is -0.347 e. The minimum atomic E-state index is -0.110. The van der Waals surface area contributed by atoms with E-state index in [0.717, 1.165) is 24.8 Å². The Hall–Kier alpha value is -0.650. The number of Topliss-reactive ketones (excluding diaryl/α,β-unsaturated/α-hetero) is 1. The number of rotatable bonds is 8. The molecular weight excluding hydrogens is 282 g/mol. The van der Waals surface area contributed by atoms with Gasteiger partial charge in [-0.05, 0) is 20.0 Å². The highest BCUT2D eigenvalue weighted by molar-refractivity contribution is 7.14. The number of hydrogen-bond donors (Lipinski definition) is 0. The third-order valence-electron chi connectivity index (χ3n) is 2.57. The van der Waals surface area contributed by atoms with Crippen LogP contribution in [0.1, 0.15) is 24.3 Å². The maximum atomic E-state index is 11.5. The van der Waals surface area contributed by atoms with Gasteiger partial charge in [0.25, 0.3) is 0 Å². The molecule has 1 aromatic heterocycles. The molecule has 0 atom stereocenters. The van der Waals surface area contributed by atoms with Crippen molar-refractivity contribution in [3.63, 3.8) is 0 Å². The number of halogens is 1. The van der Waals surface area contributed by atoms with Gasteiger partial charge in [-0.15, -0.1) is 22.9 Å². The van der Waals surface area contributed by atoms with Crippen molar-refractivity contribution in [2.24, 2.45) is 5.92 Å². The average molecular weight is 304 g/mol. The van der Waals surface area contributed by atoms with E-state index in [9.17, 15) is 4.79 Å². The molecule has 0 bridgehead atoms. The second kappa shape index (κ2) is 7.82. The molecule has 0 amide bonds. The Labute approximate surface area is 124 Å². The summed E-state index contributed by atoms with van der Waals surface area (Å²) in [7, 11) is 4.11. The van der Waals surface area contributed by atoms with E-state index in [1.54, 1.807) is 5.38 Å². The van der Waals surface area contributed by atoms with E-state index in [2.05, 4.69) is 42.7 Å². The number of alkyl halides is 1. The summed E-state index contributed by atoms with van der Waals surface area (Å²) < 4.78 is 0. The number of anilines is 1. The fraction of sp³-hybridized carbons (Fsp3) is 0.692. The first-order chi connectivity index (χ1) is 8.93. The van der Waals surface area contributed by atoms with Gasteiger partial charge in [0.05, 0.1) is 5.88 Å². The first-order valence-corrected chi connectivity index (χ1v) is 7.79.